The van der Waals surface area contributed by atoms with Gasteiger partial charge in [0.15, 0.2) is 5.96 Å². The second-order valence-electron chi connectivity index (χ2n) is 6.22. The minimum absolute atomic E-state index is 0. The van der Waals surface area contributed by atoms with Gasteiger partial charge in [0.05, 0.1) is 12.6 Å². The first-order valence-electron chi connectivity index (χ1n) is 8.70. The molecule has 2 rings (SSSR count). The summed E-state index contributed by atoms with van der Waals surface area (Å²) in [5, 5.41) is 12.9. The van der Waals surface area contributed by atoms with Crippen molar-refractivity contribution in [1.82, 2.24) is 15.1 Å². The van der Waals surface area contributed by atoms with Crippen molar-refractivity contribution in [2.45, 2.75) is 32.4 Å². The van der Waals surface area contributed by atoms with Gasteiger partial charge in [0.1, 0.15) is 0 Å². The van der Waals surface area contributed by atoms with Crippen LogP contribution in [0.2, 0.25) is 0 Å². The largest absolute Gasteiger partial charge is 0.391 e. The molecule has 1 aromatic carbocycles. The molecule has 0 unspecified atom stereocenters. The van der Waals surface area contributed by atoms with Gasteiger partial charge in [-0.3, -0.25) is 9.79 Å². The van der Waals surface area contributed by atoms with Gasteiger partial charge in [0.25, 0.3) is 0 Å². The highest BCUT2D eigenvalue weighted by Gasteiger charge is 2.22. The number of carbonyl (C=O) groups excluding carboxylic acids is 1. The fourth-order valence-electron chi connectivity index (χ4n) is 2.78. The van der Waals surface area contributed by atoms with Crippen LogP contribution in [0.5, 0.6) is 0 Å². The summed E-state index contributed by atoms with van der Waals surface area (Å²) in [6.07, 6.45) is 0.838. The number of aliphatic hydroxyl groups is 1. The van der Waals surface area contributed by atoms with Crippen LogP contribution >= 0.6 is 39.9 Å². The maximum Gasteiger partial charge on any atom is 0.224 e. The number of β-amino-alcohol motifs (C(OH)–C–C–N with tert-alkyl or cyclic N) is 1. The predicted octanol–water partition coefficient (Wildman–Crippen LogP) is 2.45. The van der Waals surface area contributed by atoms with E-state index in [2.05, 4.69) is 26.2 Å². The Morgan fingerprint density at radius 2 is 2.19 bits per heavy atom. The fraction of sp³-hybridized carbons (Fsp3) is 0.556. The van der Waals surface area contributed by atoms with Gasteiger partial charge in [-0.05, 0) is 25.0 Å². The van der Waals surface area contributed by atoms with Crippen LogP contribution in [-0.4, -0.2) is 66.1 Å². The summed E-state index contributed by atoms with van der Waals surface area (Å²) in [6.45, 7) is 5.18. The minimum Gasteiger partial charge on any atom is -0.391 e. The Hall–Kier alpha value is -0.870. The zero-order valence-corrected chi connectivity index (χ0v) is 19.2. The molecule has 6 nitrogen and oxygen atoms in total. The highest BCUT2D eigenvalue weighted by atomic mass is 127. The highest BCUT2D eigenvalue weighted by Crippen LogP contribution is 2.17. The Balaban J connectivity index is 0.00000338. The Bertz CT molecular complexity index is 615. The van der Waals surface area contributed by atoms with Crippen LogP contribution in [0.4, 0.5) is 0 Å². The molecule has 0 aliphatic carbocycles. The van der Waals surface area contributed by atoms with E-state index < -0.39 is 0 Å². The van der Waals surface area contributed by atoms with E-state index in [-0.39, 0.29) is 36.0 Å². The summed E-state index contributed by atoms with van der Waals surface area (Å²) in [5.41, 5.74) is 1.08. The number of halogens is 2. The van der Waals surface area contributed by atoms with Gasteiger partial charge in [-0.15, -0.1) is 24.0 Å². The first-order chi connectivity index (χ1) is 12.0. The van der Waals surface area contributed by atoms with Gasteiger partial charge in [0.2, 0.25) is 5.91 Å². The molecule has 1 aromatic rings. The zero-order valence-electron chi connectivity index (χ0n) is 15.3. The molecule has 1 aliphatic heterocycles. The molecule has 1 heterocycles. The van der Waals surface area contributed by atoms with Crippen LogP contribution < -0.4 is 5.32 Å². The number of nitrogens with one attached hydrogen (secondary N) is 1. The zero-order chi connectivity index (χ0) is 18.2. The topological polar surface area (TPSA) is 68.2 Å². The van der Waals surface area contributed by atoms with Gasteiger partial charge in [0, 0.05) is 44.1 Å². The van der Waals surface area contributed by atoms with Gasteiger partial charge < -0.3 is 20.2 Å². The smallest absolute Gasteiger partial charge is 0.224 e. The van der Waals surface area contributed by atoms with Crippen molar-refractivity contribution in [2.24, 2.45) is 4.99 Å². The minimum atomic E-state index is -0.291. The van der Waals surface area contributed by atoms with Crippen LogP contribution in [-0.2, 0) is 11.3 Å². The van der Waals surface area contributed by atoms with Crippen molar-refractivity contribution in [3.63, 3.8) is 0 Å². The Morgan fingerprint density at radius 1 is 1.46 bits per heavy atom. The molecular weight excluding hydrogens is 511 g/mol. The van der Waals surface area contributed by atoms with E-state index in [1.54, 1.807) is 4.90 Å². The number of amides is 1. The third-order valence-corrected chi connectivity index (χ3v) is 4.95. The Morgan fingerprint density at radius 3 is 2.81 bits per heavy atom. The van der Waals surface area contributed by atoms with Gasteiger partial charge in [-0.2, -0.15) is 0 Å². The molecule has 146 valence electrons. The monoisotopic (exact) mass is 538 g/mol. The third-order valence-electron chi connectivity index (χ3n) is 4.18. The molecule has 0 bridgehead atoms. The first-order valence-corrected chi connectivity index (χ1v) is 9.49. The molecule has 1 fully saturated rings. The fourth-order valence-corrected chi connectivity index (χ4v) is 3.19. The average Bonchev–Trinajstić information content (AvgIpc) is 3.02. The Kier molecular flexibility index (Phi) is 10.5. The number of aliphatic imine (C=N–C) groups is 1. The summed E-state index contributed by atoms with van der Waals surface area (Å²) in [4.78, 5) is 20.6. The van der Waals surface area contributed by atoms with E-state index in [0.717, 1.165) is 35.5 Å². The van der Waals surface area contributed by atoms with E-state index in [1.807, 2.05) is 43.1 Å². The number of nitrogens with zero attached hydrogens (tertiary/aromatic N) is 3. The SMILES string of the molecule is CCNC(=NCCC(=O)N(C)Cc1ccccc1Br)N1CC[C@@H](O)C1.I. The van der Waals surface area contributed by atoms with Crippen LogP contribution in [0.1, 0.15) is 25.3 Å². The van der Waals surface area contributed by atoms with E-state index in [1.165, 1.54) is 0 Å². The van der Waals surface area contributed by atoms with Crippen molar-refractivity contribution in [2.75, 3.05) is 33.2 Å². The van der Waals surface area contributed by atoms with Crippen molar-refractivity contribution >= 4 is 51.8 Å². The molecule has 0 aromatic heterocycles. The van der Waals surface area contributed by atoms with E-state index in [9.17, 15) is 9.90 Å². The highest BCUT2D eigenvalue weighted by molar-refractivity contribution is 14.0. The Labute approximate surface area is 181 Å². The standard InChI is InChI=1S/C18H27BrN4O2.HI/c1-3-20-18(23-11-9-15(24)13-23)21-10-8-17(25)22(2)12-14-6-4-5-7-16(14)19;/h4-7,15,24H,3,8-13H2,1-2H3,(H,20,21);1H/t15-;/m1./s1. The molecule has 26 heavy (non-hydrogen) atoms. The van der Waals surface area contributed by atoms with Crippen molar-refractivity contribution < 1.29 is 9.90 Å². The number of likely N-dealkylation sites (tertiary alicyclic amines) is 1. The number of hydrogen-bond donors (Lipinski definition) is 2. The van der Waals surface area contributed by atoms with E-state index >= 15 is 0 Å². The van der Waals surface area contributed by atoms with Gasteiger partial charge >= 0.3 is 0 Å². The van der Waals surface area contributed by atoms with Crippen molar-refractivity contribution in [1.29, 1.82) is 0 Å². The first kappa shape index (κ1) is 23.2. The molecule has 1 aliphatic rings. The number of aliphatic hydroxyl groups excluding tert-OH is 1. The number of benzene rings is 1. The molecule has 2 N–H and O–H groups in total. The number of rotatable bonds is 6. The van der Waals surface area contributed by atoms with Crippen molar-refractivity contribution in [3.8, 4) is 0 Å². The molecule has 0 saturated carbocycles. The maximum absolute atomic E-state index is 12.3. The number of carbonyl (C=O) groups is 1. The third kappa shape index (κ3) is 7.03. The molecule has 1 saturated heterocycles. The lowest BCUT2D eigenvalue weighted by atomic mass is 10.2. The summed E-state index contributed by atoms with van der Waals surface area (Å²) in [6, 6.07) is 7.91. The maximum atomic E-state index is 12.3. The van der Waals surface area contributed by atoms with E-state index in [0.29, 0.717) is 26.1 Å². The molecule has 0 spiro atoms. The van der Waals surface area contributed by atoms with Crippen molar-refractivity contribution in [3.05, 3.63) is 34.3 Å². The van der Waals surface area contributed by atoms with Gasteiger partial charge in [-0.1, -0.05) is 34.1 Å². The lowest BCUT2D eigenvalue weighted by Crippen LogP contribution is -2.40. The normalized spacial score (nSPS) is 17.0. The predicted molar refractivity (Wildman–Crippen MR) is 119 cm³/mol. The lowest BCUT2D eigenvalue weighted by Gasteiger charge is -2.21. The molecule has 0 radical (unpaired) electrons. The van der Waals surface area contributed by atoms with Crippen LogP contribution in [0.25, 0.3) is 0 Å². The van der Waals surface area contributed by atoms with Crippen LogP contribution in [0.3, 0.4) is 0 Å². The summed E-state index contributed by atoms with van der Waals surface area (Å²) >= 11 is 3.51. The summed E-state index contributed by atoms with van der Waals surface area (Å²) in [7, 11) is 1.81. The van der Waals surface area contributed by atoms with Gasteiger partial charge in [-0.25, -0.2) is 0 Å². The summed E-state index contributed by atoms with van der Waals surface area (Å²) < 4.78 is 1.01. The average molecular weight is 539 g/mol. The molecular formula is C18H28BrIN4O2. The van der Waals surface area contributed by atoms with Crippen LogP contribution in [0.15, 0.2) is 33.7 Å². The molecule has 8 heteroatoms. The number of hydrogen-bond acceptors (Lipinski definition) is 3. The molecule has 1 amide bonds. The quantitative estimate of drug-likeness (QED) is 0.332. The van der Waals surface area contributed by atoms with E-state index in [4.69, 9.17) is 0 Å². The second kappa shape index (κ2) is 11.8. The lowest BCUT2D eigenvalue weighted by molar-refractivity contribution is -0.130. The van der Waals surface area contributed by atoms with Crippen LogP contribution in [0, 0.1) is 0 Å². The summed E-state index contributed by atoms with van der Waals surface area (Å²) in [5.74, 6) is 0.845. The number of guanidine groups is 1. The molecule has 1 atom stereocenters. The second-order valence-corrected chi connectivity index (χ2v) is 7.07.